The average molecular weight is 235 g/mol. The van der Waals surface area contributed by atoms with Crippen LogP contribution in [0.5, 0.6) is 0 Å². The van der Waals surface area contributed by atoms with Crippen LogP contribution in [-0.4, -0.2) is 4.98 Å². The zero-order chi connectivity index (χ0) is 8.55. The molecule has 2 N–H and O–H groups in total. The second-order valence-corrected chi connectivity index (χ2v) is 3.49. The molecule has 80 valence electrons. The highest BCUT2D eigenvalue weighted by Gasteiger charge is 2.16. The summed E-state index contributed by atoms with van der Waals surface area (Å²) >= 11 is 0. The first-order valence-corrected chi connectivity index (χ1v) is 4.49. The topological polar surface area (TPSA) is 38.9 Å². The monoisotopic (exact) mass is 234 g/mol. The van der Waals surface area contributed by atoms with Gasteiger partial charge >= 0.3 is 0 Å². The SMILES string of the molecule is Cc1ccc2c(n1)CCCC2N.Cl.Cl. The van der Waals surface area contributed by atoms with Gasteiger partial charge in [0.15, 0.2) is 0 Å². The summed E-state index contributed by atoms with van der Waals surface area (Å²) in [5, 5.41) is 0. The number of nitrogens with two attached hydrogens (primary N) is 1. The number of aryl methyl sites for hydroxylation is 2. The first-order valence-electron chi connectivity index (χ1n) is 4.49. The number of rotatable bonds is 0. The molecular formula is C10H16Cl2N2. The van der Waals surface area contributed by atoms with E-state index >= 15 is 0 Å². The molecule has 0 amide bonds. The lowest BCUT2D eigenvalue weighted by molar-refractivity contribution is 0.559. The lowest BCUT2D eigenvalue weighted by atomic mass is 9.92. The van der Waals surface area contributed by atoms with Crippen LogP contribution in [0.1, 0.15) is 35.8 Å². The summed E-state index contributed by atoms with van der Waals surface area (Å²) < 4.78 is 0. The molecule has 1 aromatic rings. The number of halogens is 2. The van der Waals surface area contributed by atoms with Crippen molar-refractivity contribution in [3.05, 3.63) is 29.1 Å². The van der Waals surface area contributed by atoms with Gasteiger partial charge in [-0.25, -0.2) is 0 Å². The summed E-state index contributed by atoms with van der Waals surface area (Å²) in [4.78, 5) is 4.48. The van der Waals surface area contributed by atoms with Gasteiger partial charge in [0, 0.05) is 17.4 Å². The lowest BCUT2D eigenvalue weighted by Gasteiger charge is -2.21. The molecule has 0 aromatic carbocycles. The highest BCUT2D eigenvalue weighted by Crippen LogP contribution is 2.26. The van der Waals surface area contributed by atoms with Crippen molar-refractivity contribution in [3.63, 3.8) is 0 Å². The molecule has 4 heteroatoms. The third-order valence-corrected chi connectivity index (χ3v) is 2.48. The van der Waals surface area contributed by atoms with Crippen LogP contribution in [0.25, 0.3) is 0 Å². The van der Waals surface area contributed by atoms with E-state index in [0.717, 1.165) is 18.5 Å². The van der Waals surface area contributed by atoms with Gasteiger partial charge in [0.2, 0.25) is 0 Å². The van der Waals surface area contributed by atoms with Gasteiger partial charge in [-0.15, -0.1) is 24.8 Å². The molecule has 1 atom stereocenters. The Morgan fingerprint density at radius 1 is 1.36 bits per heavy atom. The van der Waals surface area contributed by atoms with Gasteiger partial charge in [0.25, 0.3) is 0 Å². The van der Waals surface area contributed by atoms with Crippen LogP contribution in [0, 0.1) is 6.92 Å². The van der Waals surface area contributed by atoms with Crippen LogP contribution in [0.15, 0.2) is 12.1 Å². The molecule has 14 heavy (non-hydrogen) atoms. The molecule has 0 fully saturated rings. The Balaban J connectivity index is 0.000000845. The third kappa shape index (κ3) is 2.59. The smallest absolute Gasteiger partial charge is 0.0454 e. The lowest BCUT2D eigenvalue weighted by Crippen LogP contribution is -2.18. The zero-order valence-corrected chi connectivity index (χ0v) is 9.83. The fraction of sp³-hybridized carbons (Fsp3) is 0.500. The highest BCUT2D eigenvalue weighted by atomic mass is 35.5. The molecule has 0 saturated carbocycles. The molecule has 0 spiro atoms. The van der Waals surface area contributed by atoms with Crippen molar-refractivity contribution < 1.29 is 0 Å². The van der Waals surface area contributed by atoms with E-state index in [-0.39, 0.29) is 30.9 Å². The molecule has 0 bridgehead atoms. The molecule has 1 aliphatic carbocycles. The molecule has 0 radical (unpaired) electrons. The van der Waals surface area contributed by atoms with Crippen LogP contribution in [0.3, 0.4) is 0 Å². The minimum absolute atomic E-state index is 0. The average Bonchev–Trinajstić information content (AvgIpc) is 2.04. The van der Waals surface area contributed by atoms with E-state index in [2.05, 4.69) is 11.1 Å². The summed E-state index contributed by atoms with van der Waals surface area (Å²) in [5.41, 5.74) is 9.53. The molecular weight excluding hydrogens is 219 g/mol. The van der Waals surface area contributed by atoms with Gasteiger partial charge in [0.1, 0.15) is 0 Å². The fourth-order valence-corrected chi connectivity index (χ4v) is 1.80. The van der Waals surface area contributed by atoms with Crippen LogP contribution in [0.4, 0.5) is 0 Å². The van der Waals surface area contributed by atoms with E-state index in [1.807, 2.05) is 13.0 Å². The van der Waals surface area contributed by atoms with Crippen LogP contribution < -0.4 is 5.73 Å². The Kier molecular flexibility index (Phi) is 5.42. The molecule has 1 aliphatic rings. The van der Waals surface area contributed by atoms with Crippen LogP contribution in [0.2, 0.25) is 0 Å². The van der Waals surface area contributed by atoms with E-state index in [4.69, 9.17) is 5.73 Å². The maximum Gasteiger partial charge on any atom is 0.0454 e. The van der Waals surface area contributed by atoms with E-state index in [1.54, 1.807) is 0 Å². The van der Waals surface area contributed by atoms with Gasteiger partial charge in [-0.1, -0.05) is 6.07 Å². The number of fused-ring (bicyclic) bond motifs is 1. The quantitative estimate of drug-likeness (QED) is 0.750. The Hall–Kier alpha value is -0.310. The van der Waals surface area contributed by atoms with Crippen molar-refractivity contribution in [2.45, 2.75) is 32.2 Å². The van der Waals surface area contributed by atoms with Gasteiger partial charge in [-0.2, -0.15) is 0 Å². The van der Waals surface area contributed by atoms with Gasteiger partial charge in [-0.05, 0) is 37.8 Å². The van der Waals surface area contributed by atoms with E-state index in [9.17, 15) is 0 Å². The van der Waals surface area contributed by atoms with Crippen molar-refractivity contribution in [1.29, 1.82) is 0 Å². The molecule has 1 heterocycles. The van der Waals surface area contributed by atoms with Crippen molar-refractivity contribution >= 4 is 24.8 Å². The number of hydrogen-bond acceptors (Lipinski definition) is 2. The number of aromatic nitrogens is 1. The third-order valence-electron chi connectivity index (χ3n) is 2.48. The predicted molar refractivity (Wildman–Crippen MR) is 63.3 cm³/mol. The first-order chi connectivity index (χ1) is 5.77. The minimum Gasteiger partial charge on any atom is -0.324 e. The summed E-state index contributed by atoms with van der Waals surface area (Å²) in [6, 6.07) is 4.40. The van der Waals surface area contributed by atoms with Gasteiger partial charge < -0.3 is 5.73 Å². The largest absolute Gasteiger partial charge is 0.324 e. The second kappa shape index (κ2) is 5.54. The van der Waals surface area contributed by atoms with Gasteiger partial charge in [-0.3, -0.25) is 4.98 Å². The maximum absolute atomic E-state index is 5.96. The first kappa shape index (κ1) is 13.7. The van der Waals surface area contributed by atoms with E-state index in [1.165, 1.54) is 17.7 Å². The van der Waals surface area contributed by atoms with Crippen molar-refractivity contribution in [1.82, 2.24) is 4.98 Å². The standard InChI is InChI=1S/C10H14N2.2ClH/c1-7-5-6-8-9(11)3-2-4-10(8)12-7;;/h5-6,9H,2-4,11H2,1H3;2*1H. The van der Waals surface area contributed by atoms with Crippen LogP contribution in [-0.2, 0) is 6.42 Å². The second-order valence-electron chi connectivity index (χ2n) is 3.49. The maximum atomic E-state index is 5.96. The Labute approximate surface area is 97.1 Å². The van der Waals surface area contributed by atoms with E-state index < -0.39 is 0 Å². The van der Waals surface area contributed by atoms with Gasteiger partial charge in [0.05, 0.1) is 0 Å². The Morgan fingerprint density at radius 2 is 2.07 bits per heavy atom. The molecule has 2 nitrogen and oxygen atoms in total. The van der Waals surface area contributed by atoms with E-state index in [0.29, 0.717) is 0 Å². The van der Waals surface area contributed by atoms with Crippen molar-refractivity contribution in [2.75, 3.05) is 0 Å². The van der Waals surface area contributed by atoms with Crippen molar-refractivity contribution in [3.8, 4) is 0 Å². The van der Waals surface area contributed by atoms with Crippen molar-refractivity contribution in [2.24, 2.45) is 5.73 Å². The number of nitrogens with zero attached hydrogens (tertiary/aromatic N) is 1. The molecule has 1 aromatic heterocycles. The van der Waals surface area contributed by atoms with Crippen LogP contribution >= 0.6 is 24.8 Å². The summed E-state index contributed by atoms with van der Waals surface area (Å²) in [5.74, 6) is 0. The summed E-state index contributed by atoms with van der Waals surface area (Å²) in [6.45, 7) is 2.03. The summed E-state index contributed by atoms with van der Waals surface area (Å²) in [6.07, 6.45) is 3.40. The fourth-order valence-electron chi connectivity index (χ4n) is 1.80. The highest BCUT2D eigenvalue weighted by molar-refractivity contribution is 5.85. The number of hydrogen-bond donors (Lipinski definition) is 1. The molecule has 1 unspecified atom stereocenters. The Morgan fingerprint density at radius 3 is 2.79 bits per heavy atom. The molecule has 0 saturated heterocycles. The summed E-state index contributed by atoms with van der Waals surface area (Å²) in [7, 11) is 0. The normalized spacial score (nSPS) is 18.9. The molecule has 2 rings (SSSR count). The Bertz CT molecular complexity index is 302. The number of pyridine rings is 1. The molecule has 0 aliphatic heterocycles. The minimum atomic E-state index is 0. The zero-order valence-electron chi connectivity index (χ0n) is 8.19. The predicted octanol–water partition coefficient (Wildman–Crippen LogP) is 2.57.